The normalized spacial score (nSPS) is 54.3. The molecule has 2 saturated heterocycles. The van der Waals surface area contributed by atoms with Crippen molar-refractivity contribution in [2.24, 2.45) is 50.2 Å². The van der Waals surface area contributed by atoms with Crippen LogP contribution < -0.4 is 0 Å². The number of aliphatic carboxylic acids is 1. The van der Waals surface area contributed by atoms with Gasteiger partial charge >= 0.3 is 5.97 Å². The Morgan fingerprint density at radius 2 is 1.52 bits per heavy atom. The number of ether oxygens (including phenoxy) is 4. The minimum atomic E-state index is -1.73. The van der Waals surface area contributed by atoms with Crippen molar-refractivity contribution >= 4 is 5.97 Å². The molecule has 0 radical (unpaired) electrons. The quantitative estimate of drug-likeness (QED) is 0.138. The molecule has 18 atom stereocenters. The lowest BCUT2D eigenvalue weighted by Gasteiger charge is -2.71. The van der Waals surface area contributed by atoms with Gasteiger partial charge in [-0.25, -0.2) is 0 Å². The summed E-state index contributed by atoms with van der Waals surface area (Å²) < 4.78 is 24.1. The minimum absolute atomic E-state index is 0.0233. The number of allylic oxidation sites excluding steroid dienone is 2. The van der Waals surface area contributed by atoms with Gasteiger partial charge in [0.1, 0.15) is 42.7 Å². The highest BCUT2D eigenvalue weighted by atomic mass is 16.8. The Balaban J connectivity index is 1.15. The Bertz CT molecular complexity index is 1450. The first kappa shape index (κ1) is 40.9. The summed E-state index contributed by atoms with van der Waals surface area (Å²) in [5.74, 6) is -0.265. The molecule has 13 nitrogen and oxygen atoms in total. The van der Waals surface area contributed by atoms with E-state index in [0.29, 0.717) is 18.8 Å². The number of hydrogen-bond acceptors (Lipinski definition) is 12. The molecule has 0 aromatic carbocycles. The Morgan fingerprint density at radius 1 is 0.815 bits per heavy atom. The fourth-order valence-corrected chi connectivity index (χ4v) is 13.4. The fourth-order valence-electron chi connectivity index (χ4n) is 13.4. The first-order valence-corrected chi connectivity index (χ1v) is 20.4. The lowest BCUT2D eigenvalue weighted by molar-refractivity contribution is -0.368. The number of aliphatic hydroxyl groups excluding tert-OH is 7. The number of carboxylic acids is 1. The van der Waals surface area contributed by atoms with Crippen LogP contribution in [0.4, 0.5) is 0 Å². The van der Waals surface area contributed by atoms with Crippen molar-refractivity contribution < 1.29 is 64.6 Å². The largest absolute Gasteiger partial charge is 0.481 e. The summed E-state index contributed by atoms with van der Waals surface area (Å²) >= 11 is 0. The molecule has 2 aliphatic heterocycles. The Hall–Kier alpha value is -1.23. The number of rotatable bonds is 7. The van der Waals surface area contributed by atoms with Crippen LogP contribution in [0.15, 0.2) is 11.6 Å². The van der Waals surface area contributed by atoms with E-state index in [1.165, 1.54) is 5.57 Å². The van der Waals surface area contributed by atoms with Crippen molar-refractivity contribution in [3.05, 3.63) is 11.6 Å². The van der Waals surface area contributed by atoms with E-state index in [9.17, 15) is 45.6 Å². The third-order valence-electron chi connectivity index (χ3n) is 17.0. The molecule has 0 spiro atoms. The van der Waals surface area contributed by atoms with Gasteiger partial charge in [0.25, 0.3) is 0 Å². The van der Waals surface area contributed by atoms with E-state index < -0.39 is 84.8 Å². The standard InChI is InChI=1S/C41H66O13/c1-36(2)13-15-41(35(49)50)16-14-39(5)21(22(41)17-36)7-8-26-37(3)11-10-27(38(4,20-43)25(37)9-12-40(26,39)6)53-34-32(28(45)23(44)19-51-34)54-33-31(48)30(47)29(46)24(18-42)52-33/h7,22-34,42-48H,8-20H2,1-6H3,(H,49,50)/t22-,23-,24+,25?,26?,27?,28-,29+,30-,31+,32+,33-,34-,37-,38-,39+,40+,41-/m1/s1. The maximum absolute atomic E-state index is 13.0. The Morgan fingerprint density at radius 3 is 2.19 bits per heavy atom. The molecule has 7 aliphatic rings. The molecule has 0 bridgehead atoms. The average molecular weight is 767 g/mol. The summed E-state index contributed by atoms with van der Waals surface area (Å²) in [5.41, 5.74) is -0.367. The molecule has 54 heavy (non-hydrogen) atoms. The topological polar surface area (TPSA) is 216 Å². The SMILES string of the molecule is CC1(C)CC[C@@]2(C(=O)O)CC[C@@]3(C)C(=CCC4[C@]5(C)CCC(O[C@H]6OC[C@@H](O)[C@@H](O)[C@@H]6O[C@H]6O[C@@H](CO)[C@H](O)[C@@H](O)[C@@H]6O)[C@](C)(CO)C5CC[C@@]43C)[C@H]2C1. The summed E-state index contributed by atoms with van der Waals surface area (Å²) in [6.45, 7) is 12.8. The minimum Gasteiger partial charge on any atom is -0.481 e. The van der Waals surface area contributed by atoms with Crippen molar-refractivity contribution in [1.82, 2.24) is 0 Å². The highest BCUT2D eigenvalue weighted by Gasteiger charge is 2.70. The van der Waals surface area contributed by atoms with Crippen molar-refractivity contribution in [2.45, 2.75) is 167 Å². The monoisotopic (exact) mass is 766 g/mol. The molecule has 6 fully saturated rings. The number of fused-ring (bicyclic) bond motifs is 7. The fraction of sp³-hybridized carbons (Fsp3) is 0.927. The number of carbonyl (C=O) groups is 1. The smallest absolute Gasteiger partial charge is 0.310 e. The van der Waals surface area contributed by atoms with Crippen LogP contribution in [0.2, 0.25) is 0 Å². The van der Waals surface area contributed by atoms with E-state index >= 15 is 0 Å². The predicted molar refractivity (Wildman–Crippen MR) is 193 cm³/mol. The van der Waals surface area contributed by atoms with Crippen LogP contribution in [-0.2, 0) is 23.7 Å². The van der Waals surface area contributed by atoms with Gasteiger partial charge in [-0.15, -0.1) is 0 Å². The third-order valence-corrected chi connectivity index (χ3v) is 17.0. The third kappa shape index (κ3) is 5.92. The van der Waals surface area contributed by atoms with Crippen LogP contribution in [0.25, 0.3) is 0 Å². The molecule has 4 saturated carbocycles. The molecule has 0 aromatic heterocycles. The average Bonchev–Trinajstić information content (AvgIpc) is 3.12. The van der Waals surface area contributed by atoms with E-state index in [2.05, 4.69) is 47.6 Å². The Kier molecular flexibility index (Phi) is 10.6. The first-order chi connectivity index (χ1) is 25.2. The van der Waals surface area contributed by atoms with Gasteiger partial charge < -0.3 is 59.8 Å². The maximum atomic E-state index is 13.0. The molecule has 3 unspecified atom stereocenters. The summed E-state index contributed by atoms with van der Waals surface area (Å²) in [6.07, 6.45) is -3.32. The van der Waals surface area contributed by atoms with Gasteiger partial charge in [-0.2, -0.15) is 0 Å². The molecule has 5 aliphatic carbocycles. The van der Waals surface area contributed by atoms with E-state index in [0.717, 1.165) is 51.4 Å². The zero-order valence-electron chi connectivity index (χ0n) is 32.9. The lowest BCUT2D eigenvalue weighted by Crippen LogP contribution is -2.67. The van der Waals surface area contributed by atoms with E-state index in [-0.39, 0.29) is 46.7 Å². The zero-order chi connectivity index (χ0) is 39.4. The number of hydrogen-bond donors (Lipinski definition) is 8. The summed E-state index contributed by atoms with van der Waals surface area (Å²) in [7, 11) is 0. The first-order valence-electron chi connectivity index (χ1n) is 20.4. The van der Waals surface area contributed by atoms with E-state index in [4.69, 9.17) is 18.9 Å². The second-order valence-electron chi connectivity index (χ2n) is 20.1. The highest BCUT2D eigenvalue weighted by Crippen LogP contribution is 2.76. The van der Waals surface area contributed by atoms with Crippen LogP contribution in [0.3, 0.4) is 0 Å². The molecule has 7 rings (SSSR count). The molecule has 8 N–H and O–H groups in total. The number of aliphatic hydroxyl groups is 7. The number of carboxylic acid groups (broad SMARTS) is 1. The lowest BCUT2D eigenvalue weighted by atomic mass is 9.33. The molecule has 308 valence electrons. The Labute approximate surface area is 319 Å². The van der Waals surface area contributed by atoms with Gasteiger partial charge in [0.15, 0.2) is 12.6 Å². The van der Waals surface area contributed by atoms with Crippen LogP contribution in [0.1, 0.15) is 106 Å². The van der Waals surface area contributed by atoms with Crippen molar-refractivity contribution in [2.75, 3.05) is 19.8 Å². The molecule has 0 aromatic rings. The molecular weight excluding hydrogens is 700 g/mol. The molecular formula is C41H66O13. The van der Waals surface area contributed by atoms with Crippen LogP contribution in [0, 0.1) is 50.2 Å². The van der Waals surface area contributed by atoms with Gasteiger partial charge in [-0.05, 0) is 104 Å². The second kappa shape index (κ2) is 14.0. The van der Waals surface area contributed by atoms with Gasteiger partial charge in [-0.1, -0.05) is 53.2 Å². The van der Waals surface area contributed by atoms with E-state index in [1.807, 2.05) is 0 Å². The van der Waals surface area contributed by atoms with Crippen LogP contribution in [-0.4, -0.2) is 128 Å². The second-order valence-corrected chi connectivity index (χ2v) is 20.1. The predicted octanol–water partition coefficient (Wildman–Crippen LogP) is 2.49. The highest BCUT2D eigenvalue weighted by molar-refractivity contribution is 5.76. The van der Waals surface area contributed by atoms with Gasteiger partial charge in [-0.3, -0.25) is 4.79 Å². The van der Waals surface area contributed by atoms with Crippen molar-refractivity contribution in [3.63, 3.8) is 0 Å². The summed E-state index contributed by atoms with van der Waals surface area (Å²) in [6, 6.07) is 0. The summed E-state index contributed by atoms with van der Waals surface area (Å²) in [5, 5.41) is 84.7. The van der Waals surface area contributed by atoms with Crippen molar-refractivity contribution in [3.8, 4) is 0 Å². The van der Waals surface area contributed by atoms with Crippen molar-refractivity contribution in [1.29, 1.82) is 0 Å². The van der Waals surface area contributed by atoms with Crippen LogP contribution in [0.5, 0.6) is 0 Å². The van der Waals surface area contributed by atoms with Gasteiger partial charge in [0.05, 0.1) is 31.3 Å². The molecule has 2 heterocycles. The maximum Gasteiger partial charge on any atom is 0.310 e. The van der Waals surface area contributed by atoms with Gasteiger partial charge in [0.2, 0.25) is 0 Å². The summed E-state index contributed by atoms with van der Waals surface area (Å²) in [4.78, 5) is 13.0. The van der Waals surface area contributed by atoms with Crippen LogP contribution >= 0.6 is 0 Å². The van der Waals surface area contributed by atoms with Gasteiger partial charge in [0, 0.05) is 5.41 Å². The molecule has 0 amide bonds. The molecule has 13 heteroatoms. The van der Waals surface area contributed by atoms with E-state index in [1.54, 1.807) is 0 Å². The zero-order valence-corrected chi connectivity index (χ0v) is 32.9.